The molecule has 1 aromatic rings. The van der Waals surface area contributed by atoms with Crippen LogP contribution in [0.15, 0.2) is 24.3 Å². The van der Waals surface area contributed by atoms with Crippen LogP contribution in [0.4, 0.5) is 4.39 Å². The van der Waals surface area contributed by atoms with Gasteiger partial charge in [-0.25, -0.2) is 4.39 Å². The highest BCUT2D eigenvalue weighted by Gasteiger charge is 2.25. The number of rotatable bonds is 3. The van der Waals surface area contributed by atoms with Crippen molar-refractivity contribution >= 4 is 6.29 Å². The minimum atomic E-state index is -0.281. The smallest absolute Gasteiger partial charge is 0.127 e. The van der Waals surface area contributed by atoms with E-state index in [9.17, 15) is 9.18 Å². The van der Waals surface area contributed by atoms with Crippen LogP contribution >= 0.6 is 0 Å². The molecule has 0 aromatic heterocycles. The van der Waals surface area contributed by atoms with Crippen molar-refractivity contribution in [2.24, 2.45) is 5.92 Å². The van der Waals surface area contributed by atoms with Gasteiger partial charge in [-0.3, -0.25) is 0 Å². The van der Waals surface area contributed by atoms with Gasteiger partial charge in [0.05, 0.1) is 0 Å². The van der Waals surface area contributed by atoms with Crippen LogP contribution in [0, 0.1) is 11.7 Å². The number of carbonyl (C=O) groups is 1. The molecular formula is C13H15FO2. The predicted octanol–water partition coefficient (Wildman–Crippen LogP) is 2.53. The Balaban J connectivity index is 2.17. The van der Waals surface area contributed by atoms with Gasteiger partial charge >= 0.3 is 0 Å². The fourth-order valence-electron chi connectivity index (χ4n) is 2.25. The lowest BCUT2D eigenvalue weighted by molar-refractivity contribution is -0.110. The van der Waals surface area contributed by atoms with E-state index >= 15 is 0 Å². The Morgan fingerprint density at radius 1 is 1.38 bits per heavy atom. The van der Waals surface area contributed by atoms with Crippen LogP contribution in [0.5, 0.6) is 0 Å². The molecule has 86 valence electrons. The van der Waals surface area contributed by atoms with Crippen LogP contribution in [0.1, 0.15) is 24.3 Å². The van der Waals surface area contributed by atoms with Crippen LogP contribution in [0.2, 0.25) is 0 Å². The van der Waals surface area contributed by atoms with E-state index in [0.29, 0.717) is 13.2 Å². The quantitative estimate of drug-likeness (QED) is 0.734. The molecule has 1 heterocycles. The van der Waals surface area contributed by atoms with E-state index < -0.39 is 0 Å². The fraction of sp³-hybridized carbons (Fsp3) is 0.462. The minimum absolute atomic E-state index is 0.195. The monoisotopic (exact) mass is 222 g/mol. The molecule has 0 spiro atoms. The van der Waals surface area contributed by atoms with Crippen LogP contribution in [0.25, 0.3) is 0 Å². The Morgan fingerprint density at radius 2 is 2.12 bits per heavy atom. The van der Waals surface area contributed by atoms with E-state index in [1.165, 1.54) is 12.1 Å². The predicted molar refractivity (Wildman–Crippen MR) is 58.7 cm³/mol. The number of ether oxygens (including phenoxy) is 1. The van der Waals surface area contributed by atoms with E-state index in [0.717, 1.165) is 24.7 Å². The molecule has 1 aliphatic rings. The molecule has 0 aliphatic carbocycles. The molecule has 0 N–H and O–H groups in total. The van der Waals surface area contributed by atoms with E-state index in [2.05, 4.69) is 0 Å². The third-order valence-electron chi connectivity index (χ3n) is 3.15. The van der Waals surface area contributed by atoms with Gasteiger partial charge in [-0.2, -0.15) is 0 Å². The summed E-state index contributed by atoms with van der Waals surface area (Å²) < 4.78 is 18.4. The second kappa shape index (κ2) is 5.21. The van der Waals surface area contributed by atoms with Gasteiger partial charge in [0.15, 0.2) is 0 Å². The van der Waals surface area contributed by atoms with Gasteiger partial charge < -0.3 is 9.53 Å². The van der Waals surface area contributed by atoms with Gasteiger partial charge in [-0.1, -0.05) is 12.1 Å². The summed E-state index contributed by atoms with van der Waals surface area (Å²) in [5.41, 5.74) is 0.780. The van der Waals surface area contributed by atoms with E-state index in [1.54, 1.807) is 6.07 Å². The van der Waals surface area contributed by atoms with Gasteiger partial charge in [-0.15, -0.1) is 0 Å². The van der Waals surface area contributed by atoms with Crippen molar-refractivity contribution in [2.45, 2.75) is 18.8 Å². The maximum absolute atomic E-state index is 13.1. The first kappa shape index (κ1) is 11.3. The van der Waals surface area contributed by atoms with Gasteiger partial charge in [0.1, 0.15) is 12.1 Å². The first-order valence-corrected chi connectivity index (χ1v) is 5.60. The van der Waals surface area contributed by atoms with E-state index in [1.807, 2.05) is 6.07 Å². The maximum Gasteiger partial charge on any atom is 0.127 e. The molecule has 16 heavy (non-hydrogen) atoms. The summed E-state index contributed by atoms with van der Waals surface area (Å²) in [6.07, 6.45) is 2.69. The normalized spacial score (nSPS) is 19.3. The Morgan fingerprint density at radius 3 is 2.75 bits per heavy atom. The topological polar surface area (TPSA) is 26.3 Å². The highest BCUT2D eigenvalue weighted by Crippen LogP contribution is 2.30. The summed E-state index contributed by atoms with van der Waals surface area (Å²) in [6.45, 7) is 1.40. The van der Waals surface area contributed by atoms with E-state index in [-0.39, 0.29) is 17.7 Å². The summed E-state index contributed by atoms with van der Waals surface area (Å²) in [5.74, 6) is -0.191. The minimum Gasteiger partial charge on any atom is -0.381 e. The standard InChI is InChI=1S/C13H15FO2/c14-12-3-1-2-11(8-12)13(9-15)10-4-6-16-7-5-10/h1-3,8-10,13H,4-7H2. The zero-order valence-corrected chi connectivity index (χ0v) is 9.06. The highest BCUT2D eigenvalue weighted by molar-refractivity contribution is 5.62. The number of aldehydes is 1. The SMILES string of the molecule is O=CC(c1cccc(F)c1)C1CCOCC1. The van der Waals surface area contributed by atoms with Crippen molar-refractivity contribution in [1.82, 2.24) is 0 Å². The van der Waals surface area contributed by atoms with Gasteiger partial charge in [-0.05, 0) is 36.5 Å². The first-order chi connectivity index (χ1) is 7.81. The molecular weight excluding hydrogens is 207 g/mol. The molecule has 2 rings (SSSR count). The zero-order chi connectivity index (χ0) is 11.4. The second-order valence-corrected chi connectivity index (χ2v) is 4.17. The maximum atomic E-state index is 13.1. The summed E-state index contributed by atoms with van der Waals surface area (Å²) in [5, 5.41) is 0. The van der Waals surface area contributed by atoms with Crippen molar-refractivity contribution in [3.8, 4) is 0 Å². The molecule has 0 bridgehead atoms. The molecule has 0 saturated carbocycles. The zero-order valence-electron chi connectivity index (χ0n) is 9.06. The highest BCUT2D eigenvalue weighted by atomic mass is 19.1. The number of hydrogen-bond donors (Lipinski definition) is 0. The van der Waals surface area contributed by atoms with Crippen LogP contribution < -0.4 is 0 Å². The molecule has 1 saturated heterocycles. The van der Waals surface area contributed by atoms with Gasteiger partial charge in [0, 0.05) is 19.1 Å². The van der Waals surface area contributed by atoms with Crippen LogP contribution in [-0.4, -0.2) is 19.5 Å². The number of halogens is 1. The lowest BCUT2D eigenvalue weighted by Crippen LogP contribution is -2.23. The Hall–Kier alpha value is -1.22. The lowest BCUT2D eigenvalue weighted by Gasteiger charge is -2.27. The number of benzene rings is 1. The molecule has 1 aliphatic heterocycles. The Kier molecular flexibility index (Phi) is 3.67. The van der Waals surface area contributed by atoms with Crippen molar-refractivity contribution < 1.29 is 13.9 Å². The number of carbonyl (C=O) groups excluding carboxylic acids is 1. The third-order valence-corrected chi connectivity index (χ3v) is 3.15. The molecule has 3 heteroatoms. The number of hydrogen-bond acceptors (Lipinski definition) is 2. The van der Waals surface area contributed by atoms with Crippen molar-refractivity contribution in [1.29, 1.82) is 0 Å². The fourth-order valence-corrected chi connectivity index (χ4v) is 2.25. The Labute approximate surface area is 94.4 Å². The molecule has 0 radical (unpaired) electrons. The van der Waals surface area contributed by atoms with Crippen molar-refractivity contribution in [2.75, 3.05) is 13.2 Å². The molecule has 2 nitrogen and oxygen atoms in total. The third kappa shape index (κ3) is 2.47. The van der Waals surface area contributed by atoms with E-state index in [4.69, 9.17) is 4.74 Å². The Bertz CT molecular complexity index is 359. The summed E-state index contributed by atoms with van der Waals surface area (Å²) in [7, 11) is 0. The van der Waals surface area contributed by atoms with Crippen molar-refractivity contribution in [3.05, 3.63) is 35.6 Å². The average Bonchev–Trinajstić information content (AvgIpc) is 2.31. The van der Waals surface area contributed by atoms with Gasteiger partial charge in [0.2, 0.25) is 0 Å². The molecule has 1 atom stereocenters. The molecule has 1 aromatic carbocycles. The van der Waals surface area contributed by atoms with Crippen LogP contribution in [0.3, 0.4) is 0 Å². The molecule has 1 unspecified atom stereocenters. The van der Waals surface area contributed by atoms with Crippen LogP contribution in [-0.2, 0) is 9.53 Å². The van der Waals surface area contributed by atoms with Crippen molar-refractivity contribution in [3.63, 3.8) is 0 Å². The average molecular weight is 222 g/mol. The summed E-state index contributed by atoms with van der Waals surface area (Å²) >= 11 is 0. The second-order valence-electron chi connectivity index (χ2n) is 4.17. The summed E-state index contributed by atoms with van der Waals surface area (Å²) in [4.78, 5) is 11.2. The molecule has 1 fully saturated rings. The van der Waals surface area contributed by atoms with Gasteiger partial charge in [0.25, 0.3) is 0 Å². The lowest BCUT2D eigenvalue weighted by atomic mass is 9.82. The largest absolute Gasteiger partial charge is 0.381 e. The molecule has 0 amide bonds. The summed E-state index contributed by atoms with van der Waals surface area (Å²) in [6, 6.07) is 6.32. The first-order valence-electron chi connectivity index (χ1n) is 5.60.